The summed E-state index contributed by atoms with van der Waals surface area (Å²) in [6, 6.07) is 9.70. The van der Waals surface area contributed by atoms with E-state index >= 15 is 0 Å². The zero-order valence-electron chi connectivity index (χ0n) is 7.84. The molecule has 0 aliphatic carbocycles. The van der Waals surface area contributed by atoms with Crippen LogP contribution < -0.4 is 0 Å². The molecule has 3 heteroatoms. The van der Waals surface area contributed by atoms with Gasteiger partial charge in [0.1, 0.15) is 6.61 Å². The molecule has 74 valence electrons. The highest BCUT2D eigenvalue weighted by Crippen LogP contribution is 1.99. The summed E-state index contributed by atoms with van der Waals surface area (Å²) in [6.07, 6.45) is 4.89. The molecule has 0 amide bonds. The Kier molecular flexibility index (Phi) is 4.44. The average Bonchev–Trinajstić information content (AvgIpc) is 2.20. The second kappa shape index (κ2) is 5.94. The van der Waals surface area contributed by atoms with Crippen LogP contribution >= 0.6 is 0 Å². The highest BCUT2D eigenvalue weighted by Gasteiger charge is 1.87. The van der Waals surface area contributed by atoms with E-state index in [0.717, 1.165) is 5.56 Å². The quantitative estimate of drug-likeness (QED) is 0.337. The van der Waals surface area contributed by atoms with Crippen LogP contribution in [0, 0.1) is 5.21 Å². The van der Waals surface area contributed by atoms with E-state index in [0.29, 0.717) is 4.74 Å². The minimum atomic E-state index is -0.126. The van der Waals surface area contributed by atoms with E-state index in [4.69, 9.17) is 5.11 Å². The van der Waals surface area contributed by atoms with Crippen molar-refractivity contribution in [1.29, 1.82) is 0 Å². The molecule has 0 spiro atoms. The Bertz CT molecular complexity index is 317. The fourth-order valence-corrected chi connectivity index (χ4v) is 0.987. The lowest BCUT2D eigenvalue weighted by atomic mass is 10.2. The lowest BCUT2D eigenvalue weighted by molar-refractivity contribution is -0.455. The summed E-state index contributed by atoms with van der Waals surface area (Å²) in [7, 11) is 0. The van der Waals surface area contributed by atoms with Gasteiger partial charge in [0.25, 0.3) is 0 Å². The first-order chi connectivity index (χ1) is 6.83. The van der Waals surface area contributed by atoms with Crippen molar-refractivity contribution < 1.29 is 9.85 Å². The van der Waals surface area contributed by atoms with Gasteiger partial charge in [0, 0.05) is 6.08 Å². The van der Waals surface area contributed by atoms with Crippen LogP contribution in [-0.4, -0.2) is 29.2 Å². The number of hydrogen-bond donors (Lipinski definition) is 1. The summed E-state index contributed by atoms with van der Waals surface area (Å²) in [5, 5.41) is 19.4. The fraction of sp³-hybridized carbons (Fsp3) is 0.182. The SMILES string of the molecule is [O-]/[N+](=C\C=C\c1ccccc1)CCO. The van der Waals surface area contributed by atoms with E-state index in [-0.39, 0.29) is 13.2 Å². The van der Waals surface area contributed by atoms with Crippen molar-refractivity contribution in [3.63, 3.8) is 0 Å². The third kappa shape index (κ3) is 3.87. The molecule has 0 bridgehead atoms. The molecular formula is C11H13NO2. The topological polar surface area (TPSA) is 46.3 Å². The molecule has 0 atom stereocenters. The maximum Gasteiger partial charge on any atom is 0.176 e. The van der Waals surface area contributed by atoms with E-state index in [1.165, 1.54) is 6.21 Å². The first-order valence-corrected chi connectivity index (χ1v) is 4.44. The van der Waals surface area contributed by atoms with Crippen molar-refractivity contribution in [2.24, 2.45) is 0 Å². The van der Waals surface area contributed by atoms with Gasteiger partial charge in [-0.1, -0.05) is 30.3 Å². The molecular weight excluding hydrogens is 178 g/mol. The highest BCUT2D eigenvalue weighted by molar-refractivity contribution is 5.74. The maximum atomic E-state index is 10.9. The van der Waals surface area contributed by atoms with Gasteiger partial charge in [0.2, 0.25) is 0 Å². The summed E-state index contributed by atoms with van der Waals surface area (Å²) < 4.78 is 0.694. The zero-order valence-corrected chi connectivity index (χ0v) is 7.84. The van der Waals surface area contributed by atoms with Gasteiger partial charge in [-0.3, -0.25) is 0 Å². The molecule has 1 N–H and O–H groups in total. The second-order valence-corrected chi connectivity index (χ2v) is 2.78. The Morgan fingerprint density at radius 1 is 1.29 bits per heavy atom. The first kappa shape index (κ1) is 10.5. The molecule has 1 aromatic carbocycles. The summed E-state index contributed by atoms with van der Waals surface area (Å²) in [6.45, 7) is -0.0156. The van der Waals surface area contributed by atoms with E-state index in [1.807, 2.05) is 36.4 Å². The van der Waals surface area contributed by atoms with Gasteiger partial charge in [0.15, 0.2) is 12.8 Å². The monoisotopic (exact) mass is 191 g/mol. The molecule has 0 radical (unpaired) electrons. The average molecular weight is 191 g/mol. The van der Waals surface area contributed by atoms with Gasteiger partial charge in [-0.05, 0) is 11.6 Å². The minimum absolute atomic E-state index is 0.110. The molecule has 0 aromatic heterocycles. The molecule has 0 aliphatic heterocycles. The Morgan fingerprint density at radius 2 is 2.00 bits per heavy atom. The van der Waals surface area contributed by atoms with Gasteiger partial charge in [-0.15, -0.1) is 0 Å². The van der Waals surface area contributed by atoms with Crippen LogP contribution in [0.2, 0.25) is 0 Å². The fourth-order valence-electron chi connectivity index (χ4n) is 0.987. The Morgan fingerprint density at radius 3 is 2.64 bits per heavy atom. The van der Waals surface area contributed by atoms with Crippen molar-refractivity contribution in [3.8, 4) is 0 Å². The molecule has 3 nitrogen and oxygen atoms in total. The molecule has 0 saturated carbocycles. The lowest BCUT2D eigenvalue weighted by Gasteiger charge is -1.98. The molecule has 0 unspecified atom stereocenters. The van der Waals surface area contributed by atoms with Gasteiger partial charge in [0.05, 0.1) is 0 Å². The van der Waals surface area contributed by atoms with Crippen LogP contribution in [0.3, 0.4) is 0 Å². The van der Waals surface area contributed by atoms with Crippen molar-refractivity contribution in [2.75, 3.05) is 13.2 Å². The zero-order chi connectivity index (χ0) is 10.2. The standard InChI is InChI=1S/C11H13NO2/c13-10-9-12(14)8-4-7-11-5-2-1-3-6-11/h1-8,13H,9-10H2/b7-4+,12-8-. The summed E-state index contributed by atoms with van der Waals surface area (Å²) in [4.78, 5) is 0. The third-order valence-electron chi connectivity index (χ3n) is 1.66. The van der Waals surface area contributed by atoms with E-state index in [1.54, 1.807) is 6.08 Å². The van der Waals surface area contributed by atoms with Crippen LogP contribution in [0.5, 0.6) is 0 Å². The predicted molar refractivity (Wildman–Crippen MR) is 57.1 cm³/mol. The number of hydrogen-bond acceptors (Lipinski definition) is 2. The minimum Gasteiger partial charge on any atom is -0.624 e. The molecule has 1 rings (SSSR count). The van der Waals surface area contributed by atoms with Crippen LogP contribution in [0.4, 0.5) is 0 Å². The summed E-state index contributed by atoms with van der Waals surface area (Å²) in [5.74, 6) is 0. The van der Waals surface area contributed by atoms with E-state index in [9.17, 15) is 5.21 Å². The lowest BCUT2D eigenvalue weighted by Crippen LogP contribution is -2.08. The van der Waals surface area contributed by atoms with Gasteiger partial charge < -0.3 is 10.3 Å². The molecule has 14 heavy (non-hydrogen) atoms. The normalized spacial score (nSPS) is 12.2. The van der Waals surface area contributed by atoms with E-state index < -0.39 is 0 Å². The smallest absolute Gasteiger partial charge is 0.176 e. The Hall–Kier alpha value is -1.61. The number of hydroxylamine groups is 1. The number of nitrogens with zero attached hydrogens (tertiary/aromatic N) is 1. The van der Waals surface area contributed by atoms with Crippen LogP contribution in [-0.2, 0) is 0 Å². The number of aliphatic hydroxyl groups is 1. The highest BCUT2D eigenvalue weighted by atomic mass is 16.5. The van der Waals surface area contributed by atoms with Crippen molar-refractivity contribution in [3.05, 3.63) is 47.2 Å². The summed E-state index contributed by atoms with van der Waals surface area (Å²) >= 11 is 0. The molecule has 0 heterocycles. The van der Waals surface area contributed by atoms with Crippen LogP contribution in [0.25, 0.3) is 6.08 Å². The second-order valence-electron chi connectivity index (χ2n) is 2.78. The number of benzene rings is 1. The Labute approximate surface area is 83.2 Å². The largest absolute Gasteiger partial charge is 0.624 e. The first-order valence-electron chi connectivity index (χ1n) is 4.44. The molecule has 1 aromatic rings. The third-order valence-corrected chi connectivity index (χ3v) is 1.66. The molecule has 0 saturated heterocycles. The maximum absolute atomic E-state index is 10.9. The number of rotatable bonds is 4. The van der Waals surface area contributed by atoms with Crippen LogP contribution in [0.15, 0.2) is 36.4 Å². The van der Waals surface area contributed by atoms with Crippen LogP contribution in [0.1, 0.15) is 5.56 Å². The van der Waals surface area contributed by atoms with Crippen molar-refractivity contribution in [1.82, 2.24) is 0 Å². The number of aliphatic hydroxyl groups excluding tert-OH is 1. The van der Waals surface area contributed by atoms with Gasteiger partial charge in [-0.25, -0.2) is 4.74 Å². The number of allylic oxidation sites excluding steroid dienone is 1. The van der Waals surface area contributed by atoms with Crippen molar-refractivity contribution >= 4 is 12.3 Å². The predicted octanol–water partition coefficient (Wildman–Crippen LogP) is 1.27. The molecule has 0 aliphatic rings. The van der Waals surface area contributed by atoms with Gasteiger partial charge in [-0.2, -0.15) is 0 Å². The summed E-state index contributed by atoms with van der Waals surface area (Å²) in [5.41, 5.74) is 1.04. The Balaban J connectivity index is 2.53. The van der Waals surface area contributed by atoms with E-state index in [2.05, 4.69) is 0 Å². The van der Waals surface area contributed by atoms with Crippen molar-refractivity contribution in [2.45, 2.75) is 0 Å². The van der Waals surface area contributed by atoms with Gasteiger partial charge >= 0.3 is 0 Å². The molecule has 0 fully saturated rings.